The second kappa shape index (κ2) is 5.01. The number of hydrogen-bond acceptors (Lipinski definition) is 5. The van der Waals surface area contributed by atoms with E-state index in [0.717, 1.165) is 25.0 Å². The van der Waals surface area contributed by atoms with E-state index in [4.69, 9.17) is 11.0 Å². The fourth-order valence-electron chi connectivity index (χ4n) is 2.23. The number of imidazole rings is 1. The number of nitrogen functional groups attached to an aromatic ring is 1. The van der Waals surface area contributed by atoms with Crippen molar-refractivity contribution in [1.29, 1.82) is 5.26 Å². The molecule has 0 atom stereocenters. The Labute approximate surface area is 115 Å². The van der Waals surface area contributed by atoms with Gasteiger partial charge in [-0.05, 0) is 18.6 Å². The van der Waals surface area contributed by atoms with Gasteiger partial charge in [0.1, 0.15) is 11.6 Å². The maximum atomic E-state index is 9.08. The number of fused-ring (bicyclic) bond motifs is 1. The molecule has 0 saturated heterocycles. The van der Waals surface area contributed by atoms with Crippen LogP contribution in [0.25, 0.3) is 11.0 Å². The normalized spacial score (nSPS) is 10.8. The van der Waals surface area contributed by atoms with Crippen LogP contribution in [0.15, 0.2) is 30.6 Å². The molecule has 0 unspecified atom stereocenters. The lowest BCUT2D eigenvalue weighted by Crippen LogP contribution is -2.07. The zero-order valence-corrected chi connectivity index (χ0v) is 10.8. The van der Waals surface area contributed by atoms with E-state index in [0.29, 0.717) is 17.0 Å². The number of hydrogen-bond donors (Lipinski definition) is 1. The molecule has 0 radical (unpaired) electrons. The van der Waals surface area contributed by atoms with Crippen LogP contribution in [0.1, 0.15) is 12.0 Å². The largest absolute Gasteiger partial charge is 0.369 e. The van der Waals surface area contributed by atoms with Crippen molar-refractivity contribution >= 4 is 17.0 Å². The van der Waals surface area contributed by atoms with Crippen molar-refractivity contribution < 1.29 is 0 Å². The molecule has 1 aromatic carbocycles. The van der Waals surface area contributed by atoms with Crippen LogP contribution in [0.4, 0.5) is 5.95 Å². The second-order valence-electron chi connectivity index (χ2n) is 4.43. The molecule has 3 rings (SSSR count). The van der Waals surface area contributed by atoms with Crippen molar-refractivity contribution in [2.45, 2.75) is 19.5 Å². The third-order valence-corrected chi connectivity index (χ3v) is 3.17. The molecule has 0 fully saturated rings. The van der Waals surface area contributed by atoms with Crippen LogP contribution in [0, 0.1) is 11.3 Å². The summed E-state index contributed by atoms with van der Waals surface area (Å²) < 4.78 is 3.70. The Kier molecular flexibility index (Phi) is 3.05. The lowest BCUT2D eigenvalue weighted by Gasteiger charge is -2.06. The molecule has 0 aliphatic heterocycles. The average Bonchev–Trinajstić information content (AvgIpc) is 3.07. The van der Waals surface area contributed by atoms with E-state index in [1.54, 1.807) is 16.9 Å². The first-order chi connectivity index (χ1) is 9.79. The number of rotatable bonds is 4. The van der Waals surface area contributed by atoms with E-state index < -0.39 is 0 Å². The van der Waals surface area contributed by atoms with E-state index in [-0.39, 0.29) is 0 Å². The summed E-state index contributed by atoms with van der Waals surface area (Å²) in [5.74, 6) is 0.432. The first kappa shape index (κ1) is 12.2. The van der Waals surface area contributed by atoms with Gasteiger partial charge in [0.2, 0.25) is 5.95 Å². The average molecular weight is 267 g/mol. The summed E-state index contributed by atoms with van der Waals surface area (Å²) >= 11 is 0. The van der Waals surface area contributed by atoms with Crippen LogP contribution >= 0.6 is 0 Å². The summed E-state index contributed by atoms with van der Waals surface area (Å²) in [7, 11) is 0. The first-order valence-electron chi connectivity index (χ1n) is 6.28. The van der Waals surface area contributed by atoms with Gasteiger partial charge in [0.15, 0.2) is 0 Å². The van der Waals surface area contributed by atoms with E-state index in [9.17, 15) is 0 Å². The van der Waals surface area contributed by atoms with Crippen molar-refractivity contribution in [3.8, 4) is 6.07 Å². The Morgan fingerprint density at radius 2 is 2.20 bits per heavy atom. The lowest BCUT2D eigenvalue weighted by atomic mass is 10.2. The molecule has 0 aliphatic rings. The molecule has 2 aromatic heterocycles. The molecule has 2 heterocycles. The number of nitrogens with zero attached hydrogens (tertiary/aromatic N) is 6. The maximum absolute atomic E-state index is 9.08. The van der Waals surface area contributed by atoms with Crippen LogP contribution in [0.5, 0.6) is 0 Å². The summed E-state index contributed by atoms with van der Waals surface area (Å²) in [6.07, 6.45) is 4.33. The van der Waals surface area contributed by atoms with Crippen LogP contribution in [-0.2, 0) is 13.1 Å². The molecular formula is C13H13N7. The number of nitrogens with two attached hydrogens (primary N) is 1. The predicted molar refractivity (Wildman–Crippen MR) is 73.5 cm³/mol. The molecule has 100 valence electrons. The SMILES string of the molecule is N#Cc1cccc2c1nc(N)n2CCCn1ccnn1. The van der Waals surface area contributed by atoms with Gasteiger partial charge in [-0.1, -0.05) is 11.3 Å². The van der Waals surface area contributed by atoms with Gasteiger partial charge < -0.3 is 10.3 Å². The van der Waals surface area contributed by atoms with Gasteiger partial charge in [-0.2, -0.15) is 5.26 Å². The summed E-state index contributed by atoms with van der Waals surface area (Å²) in [5, 5.41) is 16.8. The van der Waals surface area contributed by atoms with Gasteiger partial charge in [-0.3, -0.25) is 4.68 Å². The fraction of sp³-hybridized carbons (Fsp3) is 0.231. The Hall–Kier alpha value is -2.88. The predicted octanol–water partition coefficient (Wildman–Crippen LogP) is 1.17. The monoisotopic (exact) mass is 267 g/mol. The summed E-state index contributed by atoms with van der Waals surface area (Å²) in [4.78, 5) is 4.28. The van der Waals surface area contributed by atoms with Crippen LogP contribution in [0.2, 0.25) is 0 Å². The molecular weight excluding hydrogens is 254 g/mol. The zero-order valence-electron chi connectivity index (χ0n) is 10.8. The van der Waals surface area contributed by atoms with Crippen molar-refractivity contribution in [2.24, 2.45) is 0 Å². The number of nitriles is 1. The summed E-state index contributed by atoms with van der Waals surface area (Å²) in [6, 6.07) is 7.65. The maximum Gasteiger partial charge on any atom is 0.201 e. The van der Waals surface area contributed by atoms with Gasteiger partial charge in [-0.15, -0.1) is 5.10 Å². The van der Waals surface area contributed by atoms with Gasteiger partial charge in [0.05, 0.1) is 17.3 Å². The summed E-state index contributed by atoms with van der Waals surface area (Å²) in [5.41, 5.74) is 8.04. The minimum absolute atomic E-state index is 0.432. The van der Waals surface area contributed by atoms with Gasteiger partial charge in [0.25, 0.3) is 0 Å². The third kappa shape index (κ3) is 2.07. The molecule has 0 aliphatic carbocycles. The highest BCUT2D eigenvalue weighted by atomic mass is 15.4. The second-order valence-corrected chi connectivity index (χ2v) is 4.43. The smallest absolute Gasteiger partial charge is 0.201 e. The number of para-hydroxylation sites is 1. The van der Waals surface area contributed by atoms with E-state index >= 15 is 0 Å². The zero-order chi connectivity index (χ0) is 13.9. The molecule has 7 heteroatoms. The highest BCUT2D eigenvalue weighted by Crippen LogP contribution is 2.21. The highest BCUT2D eigenvalue weighted by Gasteiger charge is 2.10. The van der Waals surface area contributed by atoms with Crippen molar-refractivity contribution in [3.05, 3.63) is 36.2 Å². The van der Waals surface area contributed by atoms with E-state index in [1.165, 1.54) is 0 Å². The molecule has 3 aromatic rings. The number of aryl methyl sites for hydroxylation is 2. The Bertz CT molecular complexity index is 764. The van der Waals surface area contributed by atoms with E-state index in [1.807, 2.05) is 22.9 Å². The lowest BCUT2D eigenvalue weighted by molar-refractivity contribution is 0.521. The summed E-state index contributed by atoms with van der Waals surface area (Å²) in [6.45, 7) is 1.48. The topological polar surface area (TPSA) is 98.3 Å². The molecule has 0 spiro atoms. The minimum atomic E-state index is 0.432. The van der Waals surface area contributed by atoms with Crippen molar-refractivity contribution in [2.75, 3.05) is 5.73 Å². The fourth-order valence-corrected chi connectivity index (χ4v) is 2.23. The number of aromatic nitrogens is 5. The van der Waals surface area contributed by atoms with Crippen LogP contribution in [-0.4, -0.2) is 24.5 Å². The standard InChI is InChI=1S/C13H13N7/c14-9-10-3-1-4-11-12(10)17-13(15)20(11)7-2-6-19-8-5-16-18-19/h1,3-5,8H,2,6-7H2,(H2,15,17). The van der Waals surface area contributed by atoms with Crippen molar-refractivity contribution in [3.63, 3.8) is 0 Å². The highest BCUT2D eigenvalue weighted by molar-refractivity contribution is 5.83. The Morgan fingerprint density at radius 1 is 1.30 bits per heavy atom. The molecule has 2 N–H and O–H groups in total. The van der Waals surface area contributed by atoms with E-state index in [2.05, 4.69) is 21.4 Å². The molecule has 0 bridgehead atoms. The number of benzene rings is 1. The first-order valence-corrected chi connectivity index (χ1v) is 6.28. The Balaban J connectivity index is 1.84. The van der Waals surface area contributed by atoms with Crippen LogP contribution < -0.4 is 5.73 Å². The Morgan fingerprint density at radius 3 is 2.95 bits per heavy atom. The third-order valence-electron chi connectivity index (χ3n) is 3.17. The van der Waals surface area contributed by atoms with Gasteiger partial charge in [0, 0.05) is 19.3 Å². The van der Waals surface area contributed by atoms with Crippen LogP contribution in [0.3, 0.4) is 0 Å². The molecule has 0 amide bonds. The molecule has 20 heavy (non-hydrogen) atoms. The van der Waals surface area contributed by atoms with Gasteiger partial charge in [-0.25, -0.2) is 4.98 Å². The molecule has 0 saturated carbocycles. The van der Waals surface area contributed by atoms with Gasteiger partial charge >= 0.3 is 0 Å². The van der Waals surface area contributed by atoms with Crippen molar-refractivity contribution in [1.82, 2.24) is 24.5 Å². The quantitative estimate of drug-likeness (QED) is 0.765. The molecule has 7 nitrogen and oxygen atoms in total. The minimum Gasteiger partial charge on any atom is -0.369 e. The number of anilines is 1.